The minimum atomic E-state index is -0.356. The van der Waals surface area contributed by atoms with Gasteiger partial charge in [0, 0.05) is 26.2 Å². The molecule has 0 radical (unpaired) electrons. The molecule has 0 saturated carbocycles. The molecule has 0 N–H and O–H groups in total. The van der Waals surface area contributed by atoms with E-state index in [0.717, 1.165) is 16.7 Å². The highest BCUT2D eigenvalue weighted by molar-refractivity contribution is 5.75. The quantitative estimate of drug-likeness (QED) is 0.535. The van der Waals surface area contributed by atoms with Gasteiger partial charge in [0.1, 0.15) is 6.10 Å². The van der Waals surface area contributed by atoms with Gasteiger partial charge in [0.15, 0.2) is 0 Å². The fourth-order valence-electron chi connectivity index (χ4n) is 4.86. The van der Waals surface area contributed by atoms with Crippen LogP contribution in [0.2, 0.25) is 0 Å². The summed E-state index contributed by atoms with van der Waals surface area (Å²) in [5.41, 5.74) is 3.13. The molecule has 31 heavy (non-hydrogen) atoms. The number of piperidine rings is 1. The summed E-state index contributed by atoms with van der Waals surface area (Å²) in [6.45, 7) is 3.08. The van der Waals surface area contributed by atoms with E-state index in [4.69, 9.17) is 4.74 Å². The summed E-state index contributed by atoms with van der Waals surface area (Å²) >= 11 is 0. The number of amides is 1. The summed E-state index contributed by atoms with van der Waals surface area (Å²) in [5.74, 6) is -0.470. The number of hydrogen-bond acceptors (Lipinski definition) is 3. The Balaban J connectivity index is 1.91. The van der Waals surface area contributed by atoms with Crippen LogP contribution in [-0.2, 0) is 14.3 Å². The molecule has 3 aromatic rings. The molecule has 0 spiro atoms. The summed E-state index contributed by atoms with van der Waals surface area (Å²) in [6.07, 6.45) is 0.192. The lowest BCUT2D eigenvalue weighted by atomic mass is 9.74. The van der Waals surface area contributed by atoms with Gasteiger partial charge >= 0.3 is 5.97 Å². The van der Waals surface area contributed by atoms with Crippen LogP contribution in [0.5, 0.6) is 0 Å². The van der Waals surface area contributed by atoms with Gasteiger partial charge in [-0.2, -0.15) is 0 Å². The first-order valence-corrected chi connectivity index (χ1v) is 10.7. The third-order valence-electron chi connectivity index (χ3n) is 6.02. The Hall–Kier alpha value is -3.40. The van der Waals surface area contributed by atoms with Crippen molar-refractivity contribution in [3.8, 4) is 0 Å². The van der Waals surface area contributed by atoms with Crippen molar-refractivity contribution in [3.05, 3.63) is 108 Å². The fraction of sp³-hybridized carbons (Fsp3) is 0.259. The molecule has 1 aliphatic heterocycles. The summed E-state index contributed by atoms with van der Waals surface area (Å²) in [7, 11) is 0. The largest absolute Gasteiger partial charge is 0.462 e. The van der Waals surface area contributed by atoms with Crippen LogP contribution in [0.3, 0.4) is 0 Å². The average molecular weight is 414 g/mol. The van der Waals surface area contributed by atoms with Gasteiger partial charge in [0.25, 0.3) is 0 Å². The van der Waals surface area contributed by atoms with Crippen molar-refractivity contribution >= 4 is 11.9 Å². The van der Waals surface area contributed by atoms with Gasteiger partial charge in [-0.3, -0.25) is 9.59 Å². The first kappa shape index (κ1) is 20.9. The van der Waals surface area contributed by atoms with Gasteiger partial charge < -0.3 is 9.64 Å². The summed E-state index contributed by atoms with van der Waals surface area (Å²) in [5, 5.41) is 0. The molecule has 1 saturated heterocycles. The molecule has 0 aromatic heterocycles. The van der Waals surface area contributed by atoms with Crippen molar-refractivity contribution in [2.45, 2.75) is 44.4 Å². The maximum atomic E-state index is 13.1. The molecule has 0 bridgehead atoms. The molecule has 1 fully saturated rings. The van der Waals surface area contributed by atoms with E-state index in [9.17, 15) is 9.59 Å². The highest BCUT2D eigenvalue weighted by atomic mass is 16.5. The standard InChI is InChI=1S/C27H27NO3/c1-19(29)28-24(21-12-6-3-7-13-21)18-25(31-20(2)30)26(22-14-8-4-9-15-22)27(28)23-16-10-5-11-17-23/h3-17,24-27H,18H2,1-2H3/t24-,25-,26-,27+/m1/s1. The lowest BCUT2D eigenvalue weighted by molar-refractivity contribution is -0.157. The zero-order chi connectivity index (χ0) is 21.8. The molecule has 1 aliphatic rings. The van der Waals surface area contributed by atoms with E-state index in [1.165, 1.54) is 6.92 Å². The van der Waals surface area contributed by atoms with Gasteiger partial charge in [-0.1, -0.05) is 91.0 Å². The molecule has 158 valence electrons. The first-order chi connectivity index (χ1) is 15.1. The molecule has 4 rings (SSSR count). The number of carbonyl (C=O) groups excluding carboxylic acids is 2. The monoisotopic (exact) mass is 413 g/mol. The minimum absolute atomic E-state index is 0.00455. The number of carbonyl (C=O) groups is 2. The molecule has 4 nitrogen and oxygen atoms in total. The van der Waals surface area contributed by atoms with Gasteiger partial charge in [0.2, 0.25) is 5.91 Å². The van der Waals surface area contributed by atoms with Crippen LogP contribution >= 0.6 is 0 Å². The van der Waals surface area contributed by atoms with Gasteiger partial charge in [-0.05, 0) is 16.7 Å². The van der Waals surface area contributed by atoms with Crippen LogP contribution in [0.4, 0.5) is 0 Å². The molecular formula is C27H27NO3. The predicted molar refractivity (Wildman–Crippen MR) is 120 cm³/mol. The Labute approximate surface area is 183 Å². The zero-order valence-electron chi connectivity index (χ0n) is 17.8. The maximum Gasteiger partial charge on any atom is 0.302 e. The van der Waals surface area contributed by atoms with Crippen molar-refractivity contribution in [3.63, 3.8) is 0 Å². The van der Waals surface area contributed by atoms with E-state index in [0.29, 0.717) is 6.42 Å². The topological polar surface area (TPSA) is 46.6 Å². The molecule has 4 heteroatoms. The minimum Gasteiger partial charge on any atom is -0.462 e. The van der Waals surface area contributed by atoms with Crippen LogP contribution in [0.15, 0.2) is 91.0 Å². The number of esters is 1. The van der Waals surface area contributed by atoms with E-state index in [-0.39, 0.29) is 36.0 Å². The van der Waals surface area contributed by atoms with Crippen molar-refractivity contribution < 1.29 is 14.3 Å². The molecule has 1 amide bonds. The number of hydrogen-bond donors (Lipinski definition) is 0. The Morgan fingerprint density at radius 2 is 1.23 bits per heavy atom. The lowest BCUT2D eigenvalue weighted by Gasteiger charge is -2.50. The van der Waals surface area contributed by atoms with Crippen LogP contribution in [0.1, 0.15) is 55.0 Å². The number of nitrogens with zero attached hydrogens (tertiary/aromatic N) is 1. The third-order valence-corrected chi connectivity index (χ3v) is 6.02. The van der Waals surface area contributed by atoms with Gasteiger partial charge in [0.05, 0.1) is 12.1 Å². The molecule has 0 aliphatic carbocycles. The Morgan fingerprint density at radius 3 is 1.71 bits per heavy atom. The second-order valence-corrected chi connectivity index (χ2v) is 8.03. The van der Waals surface area contributed by atoms with Gasteiger partial charge in [-0.15, -0.1) is 0 Å². The van der Waals surface area contributed by atoms with E-state index >= 15 is 0 Å². The Bertz CT molecular complexity index is 1020. The van der Waals surface area contributed by atoms with E-state index in [1.54, 1.807) is 6.92 Å². The predicted octanol–water partition coefficient (Wildman–Crippen LogP) is 5.44. The Kier molecular flexibility index (Phi) is 6.17. The van der Waals surface area contributed by atoms with Crippen LogP contribution in [-0.4, -0.2) is 22.9 Å². The third kappa shape index (κ3) is 4.38. The smallest absolute Gasteiger partial charge is 0.302 e. The highest BCUT2D eigenvalue weighted by Gasteiger charge is 2.47. The van der Waals surface area contributed by atoms with E-state index < -0.39 is 0 Å². The van der Waals surface area contributed by atoms with E-state index in [1.807, 2.05) is 71.6 Å². The second kappa shape index (κ2) is 9.17. The average Bonchev–Trinajstić information content (AvgIpc) is 2.79. The summed E-state index contributed by atoms with van der Waals surface area (Å²) in [4.78, 5) is 27.2. The second-order valence-electron chi connectivity index (χ2n) is 8.03. The Morgan fingerprint density at radius 1 is 0.742 bits per heavy atom. The fourth-order valence-corrected chi connectivity index (χ4v) is 4.86. The molecule has 1 heterocycles. The highest BCUT2D eigenvalue weighted by Crippen LogP contribution is 2.50. The summed E-state index contributed by atoms with van der Waals surface area (Å²) < 4.78 is 5.91. The molecule has 3 aromatic carbocycles. The number of benzene rings is 3. The van der Waals surface area contributed by atoms with Crippen LogP contribution in [0.25, 0.3) is 0 Å². The first-order valence-electron chi connectivity index (χ1n) is 10.7. The number of ether oxygens (including phenoxy) is 1. The van der Waals surface area contributed by atoms with Crippen LogP contribution in [0, 0.1) is 0 Å². The molecular weight excluding hydrogens is 386 g/mol. The summed E-state index contributed by atoms with van der Waals surface area (Å²) in [6, 6.07) is 29.7. The van der Waals surface area contributed by atoms with Crippen molar-refractivity contribution in [1.82, 2.24) is 4.90 Å². The van der Waals surface area contributed by atoms with Crippen molar-refractivity contribution in [2.24, 2.45) is 0 Å². The molecule has 4 atom stereocenters. The number of rotatable bonds is 4. The maximum absolute atomic E-state index is 13.1. The molecule has 0 unspecified atom stereocenters. The van der Waals surface area contributed by atoms with Gasteiger partial charge in [-0.25, -0.2) is 0 Å². The van der Waals surface area contributed by atoms with Crippen molar-refractivity contribution in [2.75, 3.05) is 0 Å². The zero-order valence-corrected chi connectivity index (χ0v) is 17.8. The van der Waals surface area contributed by atoms with E-state index in [2.05, 4.69) is 24.3 Å². The van der Waals surface area contributed by atoms with Crippen LogP contribution < -0.4 is 0 Å². The normalized spacial score (nSPS) is 23.2. The van der Waals surface area contributed by atoms with Crippen molar-refractivity contribution in [1.29, 1.82) is 0 Å². The number of likely N-dealkylation sites (tertiary alicyclic amines) is 1. The lowest BCUT2D eigenvalue weighted by Crippen LogP contribution is -2.49. The SMILES string of the molecule is CC(=O)O[C@@H]1C[C@H](c2ccccc2)N(C(C)=O)[C@@H](c2ccccc2)[C@@H]1c1ccccc1.